The van der Waals surface area contributed by atoms with Crippen molar-refractivity contribution in [3.8, 4) is 22.8 Å². The molecule has 2 heterocycles. The summed E-state index contributed by atoms with van der Waals surface area (Å²) in [5, 5.41) is 1.39. The van der Waals surface area contributed by atoms with Crippen LogP contribution < -0.4 is 0 Å². The van der Waals surface area contributed by atoms with E-state index in [1.807, 2.05) is 54.6 Å². The quantitative estimate of drug-likeness (QED) is 0.306. The van der Waals surface area contributed by atoms with Crippen molar-refractivity contribution in [2.24, 2.45) is 0 Å². The van der Waals surface area contributed by atoms with Crippen molar-refractivity contribution in [2.75, 3.05) is 0 Å². The number of aryl methyl sites for hydroxylation is 1. The minimum Gasteiger partial charge on any atom is -0.456 e. The number of furan rings is 1. The number of hydrogen-bond donors (Lipinski definition) is 0. The lowest BCUT2D eigenvalue weighted by Gasteiger charge is -2.13. The minimum absolute atomic E-state index is 0.180. The third kappa shape index (κ3) is 3.29. The molecule has 3 aromatic carbocycles. The molecule has 0 bridgehead atoms. The van der Waals surface area contributed by atoms with Crippen LogP contribution in [-0.2, 0) is 6.42 Å². The van der Waals surface area contributed by atoms with Crippen molar-refractivity contribution in [3.63, 3.8) is 0 Å². The molecular weight excluding hydrogens is 418 g/mol. The van der Waals surface area contributed by atoms with Gasteiger partial charge in [-0.05, 0) is 36.1 Å². The number of benzene rings is 3. The molecular formula is C27H18ClN3O. The van der Waals surface area contributed by atoms with Crippen LogP contribution in [0.15, 0.2) is 89.4 Å². The van der Waals surface area contributed by atoms with E-state index >= 15 is 0 Å². The Labute approximate surface area is 190 Å². The zero-order chi connectivity index (χ0) is 21.5. The first-order chi connectivity index (χ1) is 15.8. The van der Waals surface area contributed by atoms with E-state index in [2.05, 4.69) is 45.3 Å². The Morgan fingerprint density at radius 3 is 2.12 bits per heavy atom. The van der Waals surface area contributed by atoms with Crippen LogP contribution in [0.5, 0.6) is 0 Å². The van der Waals surface area contributed by atoms with Crippen LogP contribution in [0.1, 0.15) is 23.3 Å². The average Bonchev–Trinajstić information content (AvgIpc) is 3.23. The number of nitrogens with zero attached hydrogens (tertiary/aromatic N) is 3. The lowest BCUT2D eigenvalue weighted by Crippen LogP contribution is -1.99. The highest BCUT2D eigenvalue weighted by Crippen LogP contribution is 2.38. The van der Waals surface area contributed by atoms with Gasteiger partial charge in [0.15, 0.2) is 11.6 Å². The molecule has 0 spiro atoms. The van der Waals surface area contributed by atoms with Gasteiger partial charge in [0.25, 0.3) is 0 Å². The van der Waals surface area contributed by atoms with E-state index in [0.29, 0.717) is 11.6 Å². The van der Waals surface area contributed by atoms with Gasteiger partial charge in [-0.25, -0.2) is 4.98 Å². The molecule has 0 aliphatic heterocycles. The van der Waals surface area contributed by atoms with Crippen LogP contribution in [-0.4, -0.2) is 15.0 Å². The van der Waals surface area contributed by atoms with Crippen molar-refractivity contribution in [2.45, 2.75) is 12.8 Å². The maximum Gasteiger partial charge on any atom is 0.226 e. The molecule has 0 unspecified atom stereocenters. The van der Waals surface area contributed by atoms with E-state index in [4.69, 9.17) is 16.0 Å². The van der Waals surface area contributed by atoms with Crippen LogP contribution in [0, 0.1) is 0 Å². The molecule has 1 aliphatic rings. The van der Waals surface area contributed by atoms with Gasteiger partial charge in [0.2, 0.25) is 5.28 Å². The van der Waals surface area contributed by atoms with Crippen LogP contribution in [0.2, 0.25) is 5.28 Å². The summed E-state index contributed by atoms with van der Waals surface area (Å²) in [4.78, 5) is 13.3. The molecule has 4 nitrogen and oxygen atoms in total. The van der Waals surface area contributed by atoms with Gasteiger partial charge in [-0.15, -0.1) is 0 Å². The minimum atomic E-state index is 0.180. The standard InChI is InChI=1S/C27H18ClN3O/c28-27-30-25(18-7-2-1-3-8-18)29-26(31-27)19-15-13-17(14-16-19)20-10-6-11-22-21-9-4-5-12-23(21)32-24(20)22/h1-5,7-10,12-16H,6,11H2. The Bertz CT molecular complexity index is 1470. The van der Waals surface area contributed by atoms with E-state index in [1.54, 1.807) is 0 Å². The third-order valence-corrected chi connectivity index (χ3v) is 5.95. The summed E-state index contributed by atoms with van der Waals surface area (Å²) in [6.07, 6.45) is 4.25. The Morgan fingerprint density at radius 1 is 0.688 bits per heavy atom. The predicted molar refractivity (Wildman–Crippen MR) is 127 cm³/mol. The predicted octanol–water partition coefficient (Wildman–Crippen LogP) is 6.98. The van der Waals surface area contributed by atoms with Gasteiger partial charge in [0.1, 0.15) is 11.3 Å². The van der Waals surface area contributed by atoms with E-state index in [1.165, 1.54) is 10.9 Å². The molecule has 6 rings (SSSR count). The number of aromatic nitrogens is 3. The van der Waals surface area contributed by atoms with E-state index in [0.717, 1.165) is 46.4 Å². The Kier molecular flexibility index (Phi) is 4.58. The van der Waals surface area contributed by atoms with Crippen molar-refractivity contribution < 1.29 is 4.42 Å². The summed E-state index contributed by atoms with van der Waals surface area (Å²) < 4.78 is 6.23. The molecule has 0 atom stereocenters. The number of para-hydroxylation sites is 1. The zero-order valence-corrected chi connectivity index (χ0v) is 17.9. The number of halogens is 1. The lowest BCUT2D eigenvalue weighted by atomic mass is 9.91. The van der Waals surface area contributed by atoms with Gasteiger partial charge in [-0.2, -0.15) is 9.97 Å². The summed E-state index contributed by atoms with van der Waals surface area (Å²) in [7, 11) is 0. The highest BCUT2D eigenvalue weighted by Gasteiger charge is 2.21. The topological polar surface area (TPSA) is 51.8 Å². The van der Waals surface area contributed by atoms with Gasteiger partial charge in [0, 0.05) is 27.6 Å². The normalized spacial score (nSPS) is 13.1. The maximum atomic E-state index is 6.23. The van der Waals surface area contributed by atoms with Crippen molar-refractivity contribution in [1.82, 2.24) is 15.0 Å². The summed E-state index contributed by atoms with van der Waals surface area (Å²) in [6.45, 7) is 0. The SMILES string of the molecule is Clc1nc(-c2ccccc2)nc(-c2ccc(C3=CCCc4c3oc3ccccc43)cc2)n1. The summed E-state index contributed by atoms with van der Waals surface area (Å²) >= 11 is 6.21. The molecule has 2 aromatic heterocycles. The van der Waals surface area contributed by atoms with Gasteiger partial charge in [-0.1, -0.05) is 78.9 Å². The first-order valence-electron chi connectivity index (χ1n) is 10.5. The second kappa shape index (κ2) is 7.74. The smallest absolute Gasteiger partial charge is 0.226 e. The highest BCUT2D eigenvalue weighted by molar-refractivity contribution is 6.28. The molecule has 32 heavy (non-hydrogen) atoms. The molecule has 0 N–H and O–H groups in total. The molecule has 5 heteroatoms. The van der Waals surface area contributed by atoms with Crippen molar-refractivity contribution in [1.29, 1.82) is 0 Å². The zero-order valence-electron chi connectivity index (χ0n) is 17.1. The summed E-state index contributed by atoms with van der Waals surface area (Å²) in [5.74, 6) is 2.09. The fourth-order valence-electron chi connectivity index (χ4n) is 4.26. The molecule has 0 radical (unpaired) electrons. The van der Waals surface area contributed by atoms with Gasteiger partial charge >= 0.3 is 0 Å². The molecule has 1 aliphatic carbocycles. The van der Waals surface area contributed by atoms with Crippen molar-refractivity contribution >= 4 is 28.1 Å². The maximum absolute atomic E-state index is 6.23. The van der Waals surface area contributed by atoms with Crippen LogP contribution in [0.4, 0.5) is 0 Å². The molecule has 0 fully saturated rings. The molecule has 0 saturated carbocycles. The number of hydrogen-bond acceptors (Lipinski definition) is 4. The van der Waals surface area contributed by atoms with Crippen LogP contribution in [0.3, 0.4) is 0 Å². The number of fused-ring (bicyclic) bond motifs is 3. The van der Waals surface area contributed by atoms with Crippen molar-refractivity contribution in [3.05, 3.63) is 107 Å². The molecule has 5 aromatic rings. The van der Waals surface area contributed by atoms with Gasteiger partial charge < -0.3 is 4.42 Å². The fraction of sp³-hybridized carbons (Fsp3) is 0.0741. The Hall–Kier alpha value is -3.76. The Morgan fingerprint density at radius 2 is 1.34 bits per heavy atom. The Balaban J connectivity index is 1.37. The fourth-order valence-corrected chi connectivity index (χ4v) is 4.42. The molecule has 0 saturated heterocycles. The second-order valence-electron chi connectivity index (χ2n) is 7.76. The first-order valence-corrected chi connectivity index (χ1v) is 10.9. The van der Waals surface area contributed by atoms with E-state index in [9.17, 15) is 0 Å². The average molecular weight is 436 g/mol. The summed E-state index contributed by atoms with van der Waals surface area (Å²) in [6, 6.07) is 26.2. The summed E-state index contributed by atoms with van der Waals surface area (Å²) in [5.41, 5.74) is 6.26. The lowest BCUT2D eigenvalue weighted by molar-refractivity contribution is 0.591. The first kappa shape index (κ1) is 19.0. The monoisotopic (exact) mass is 435 g/mol. The second-order valence-corrected chi connectivity index (χ2v) is 8.10. The number of rotatable bonds is 3. The van der Waals surface area contributed by atoms with Gasteiger partial charge in [0.05, 0.1) is 0 Å². The number of allylic oxidation sites excluding steroid dienone is 1. The van der Waals surface area contributed by atoms with E-state index < -0.39 is 0 Å². The van der Waals surface area contributed by atoms with E-state index in [-0.39, 0.29) is 5.28 Å². The van der Waals surface area contributed by atoms with Crippen LogP contribution >= 0.6 is 11.6 Å². The highest BCUT2D eigenvalue weighted by atomic mass is 35.5. The molecule has 0 amide bonds. The largest absolute Gasteiger partial charge is 0.456 e. The van der Waals surface area contributed by atoms with Gasteiger partial charge in [-0.3, -0.25) is 0 Å². The van der Waals surface area contributed by atoms with Crippen LogP contribution in [0.25, 0.3) is 39.3 Å². The molecule has 154 valence electrons. The third-order valence-electron chi connectivity index (χ3n) is 5.78.